The highest BCUT2D eigenvalue weighted by molar-refractivity contribution is 5.27. The quantitative estimate of drug-likeness (QED) is 0.528. The lowest BCUT2D eigenvalue weighted by Gasteiger charge is -2.11. The first kappa shape index (κ1) is 15.2. The van der Waals surface area contributed by atoms with Crippen molar-refractivity contribution in [3.05, 3.63) is 39.9 Å². The highest BCUT2D eigenvalue weighted by atomic mass is 17.0. The molecular weight excluding hydrogens is 254 g/mol. The smallest absolute Gasteiger partial charge is 0.294 e. The van der Waals surface area contributed by atoms with Crippen molar-refractivity contribution >= 4 is 0 Å². The summed E-state index contributed by atoms with van der Waals surface area (Å²) in [4.78, 5) is 14.0. The summed E-state index contributed by atoms with van der Waals surface area (Å²) in [5, 5.41) is 18.3. The second kappa shape index (κ2) is 8.28. The maximum absolute atomic E-state index is 9.92. The minimum Gasteiger partial charge on any atom is -0.491 e. The summed E-state index contributed by atoms with van der Waals surface area (Å²) in [6.07, 6.45) is -0.227. The molecule has 0 fully saturated rings. The zero-order valence-electron chi connectivity index (χ0n) is 10.7. The molecule has 1 unspecified atom stereocenters. The van der Waals surface area contributed by atoms with Gasteiger partial charge in [-0.15, -0.1) is 10.1 Å². The average Bonchev–Trinajstić information content (AvgIpc) is 2.41. The van der Waals surface area contributed by atoms with Crippen molar-refractivity contribution in [1.29, 1.82) is 0 Å². The second-order valence-corrected chi connectivity index (χ2v) is 3.87. The van der Waals surface area contributed by atoms with E-state index in [1.807, 2.05) is 12.1 Å². The molecule has 7 heteroatoms. The monoisotopic (exact) mass is 271 g/mol. The minimum absolute atomic E-state index is 0.0642. The van der Waals surface area contributed by atoms with Crippen molar-refractivity contribution < 1.29 is 24.5 Å². The Hall–Kier alpha value is -1.86. The van der Waals surface area contributed by atoms with Gasteiger partial charge in [-0.3, -0.25) is 0 Å². The van der Waals surface area contributed by atoms with E-state index in [1.54, 1.807) is 19.2 Å². The molecule has 0 aliphatic carbocycles. The van der Waals surface area contributed by atoms with Gasteiger partial charge >= 0.3 is 0 Å². The number of aliphatic hydroxyl groups is 1. The van der Waals surface area contributed by atoms with E-state index in [0.29, 0.717) is 12.4 Å². The van der Waals surface area contributed by atoms with Gasteiger partial charge in [-0.25, -0.2) is 0 Å². The molecule has 0 aliphatic heterocycles. The molecule has 106 valence electrons. The molecule has 0 aromatic heterocycles. The van der Waals surface area contributed by atoms with Crippen molar-refractivity contribution in [3.8, 4) is 5.75 Å². The van der Waals surface area contributed by atoms with Crippen LogP contribution in [0.4, 0.5) is 0 Å². The second-order valence-electron chi connectivity index (χ2n) is 3.87. The van der Waals surface area contributed by atoms with Crippen LogP contribution in [-0.4, -0.2) is 43.2 Å². The Morgan fingerprint density at radius 2 is 2.00 bits per heavy atom. The number of rotatable bonds is 9. The van der Waals surface area contributed by atoms with Crippen LogP contribution >= 0.6 is 0 Å². The molecular formula is C12H17NO6. The lowest BCUT2D eigenvalue weighted by Crippen LogP contribution is -2.24. The highest BCUT2D eigenvalue weighted by Gasteiger charge is 2.08. The van der Waals surface area contributed by atoms with Crippen LogP contribution in [0.1, 0.15) is 5.56 Å². The fraction of sp³-hybridized carbons (Fsp3) is 0.500. The predicted octanol–water partition coefficient (Wildman–Crippen LogP) is 0.824. The molecule has 0 aliphatic rings. The number of nitrogens with zero attached hydrogens (tertiary/aromatic N) is 1. The van der Waals surface area contributed by atoms with Crippen molar-refractivity contribution in [3.63, 3.8) is 0 Å². The maximum atomic E-state index is 9.92. The molecule has 0 heterocycles. The first-order valence-corrected chi connectivity index (χ1v) is 5.78. The van der Waals surface area contributed by atoms with E-state index < -0.39 is 17.8 Å². The minimum atomic E-state index is -1.04. The molecule has 1 atom stereocenters. The number of ether oxygens (including phenoxy) is 2. The van der Waals surface area contributed by atoms with Crippen LogP contribution in [0.25, 0.3) is 0 Å². The third-order valence-electron chi connectivity index (χ3n) is 2.33. The average molecular weight is 271 g/mol. The number of methoxy groups -OCH3 is 1. The molecule has 1 aromatic rings. The Morgan fingerprint density at radius 3 is 2.58 bits per heavy atom. The van der Waals surface area contributed by atoms with E-state index in [1.165, 1.54) is 0 Å². The summed E-state index contributed by atoms with van der Waals surface area (Å²) in [7, 11) is 1.64. The van der Waals surface area contributed by atoms with Crippen LogP contribution in [0.3, 0.4) is 0 Å². The van der Waals surface area contributed by atoms with E-state index in [4.69, 9.17) is 9.47 Å². The molecule has 7 nitrogen and oxygen atoms in total. The number of aliphatic hydroxyl groups excluding tert-OH is 1. The van der Waals surface area contributed by atoms with Gasteiger partial charge in [0.25, 0.3) is 5.09 Å². The standard InChI is InChI=1S/C12H17NO6/c1-17-7-6-10-2-4-12(5-3-10)18-8-11(14)9-19-13(15)16/h2-5,11,14H,6-9H2,1H3. The molecule has 1 aromatic carbocycles. The van der Waals surface area contributed by atoms with Crippen molar-refractivity contribution in [2.24, 2.45) is 0 Å². The van der Waals surface area contributed by atoms with Crippen molar-refractivity contribution in [1.82, 2.24) is 0 Å². The molecule has 1 N–H and O–H groups in total. The summed E-state index contributed by atoms with van der Waals surface area (Å²) in [5.74, 6) is 0.585. The van der Waals surface area contributed by atoms with Gasteiger partial charge in [0, 0.05) is 7.11 Å². The number of benzene rings is 1. The summed E-state index contributed by atoms with van der Waals surface area (Å²) in [6, 6.07) is 7.33. The molecule has 1 rings (SSSR count). The third-order valence-corrected chi connectivity index (χ3v) is 2.33. The van der Waals surface area contributed by atoms with Crippen LogP contribution < -0.4 is 4.74 Å². The van der Waals surface area contributed by atoms with E-state index in [-0.39, 0.29) is 6.61 Å². The zero-order valence-corrected chi connectivity index (χ0v) is 10.7. The molecule has 19 heavy (non-hydrogen) atoms. The SMILES string of the molecule is COCCc1ccc(OCC(O)CO[N+](=O)[O-])cc1. The van der Waals surface area contributed by atoms with Crippen LogP contribution in [0, 0.1) is 10.1 Å². The first-order valence-electron chi connectivity index (χ1n) is 5.78. The Kier molecular flexibility index (Phi) is 6.62. The normalized spacial score (nSPS) is 11.9. The van der Waals surface area contributed by atoms with Crippen LogP contribution in [0.5, 0.6) is 5.75 Å². The van der Waals surface area contributed by atoms with Gasteiger partial charge in [-0.05, 0) is 24.1 Å². The van der Waals surface area contributed by atoms with Gasteiger partial charge in [0.15, 0.2) is 0 Å². The Labute approximate surface area is 110 Å². The van der Waals surface area contributed by atoms with Crippen LogP contribution in [0.2, 0.25) is 0 Å². The first-order chi connectivity index (χ1) is 9.11. The maximum Gasteiger partial charge on any atom is 0.294 e. The highest BCUT2D eigenvalue weighted by Crippen LogP contribution is 2.13. The third kappa shape index (κ3) is 6.58. The topological polar surface area (TPSA) is 91.1 Å². The summed E-state index contributed by atoms with van der Waals surface area (Å²) in [6.45, 7) is 0.182. The van der Waals surface area contributed by atoms with Gasteiger partial charge in [-0.1, -0.05) is 12.1 Å². The van der Waals surface area contributed by atoms with E-state index in [2.05, 4.69) is 4.84 Å². The molecule has 0 bridgehead atoms. The van der Waals surface area contributed by atoms with Crippen molar-refractivity contribution in [2.75, 3.05) is 26.9 Å². The largest absolute Gasteiger partial charge is 0.491 e. The lowest BCUT2D eigenvalue weighted by atomic mass is 10.1. The molecule has 0 radical (unpaired) electrons. The van der Waals surface area contributed by atoms with Gasteiger partial charge < -0.3 is 19.4 Å². The predicted molar refractivity (Wildman–Crippen MR) is 66.5 cm³/mol. The van der Waals surface area contributed by atoms with Crippen LogP contribution in [0.15, 0.2) is 24.3 Å². The van der Waals surface area contributed by atoms with Gasteiger partial charge in [0.05, 0.1) is 6.61 Å². The fourth-order valence-electron chi connectivity index (χ4n) is 1.36. The van der Waals surface area contributed by atoms with Crippen molar-refractivity contribution in [2.45, 2.75) is 12.5 Å². The summed E-state index contributed by atoms with van der Waals surface area (Å²) < 4.78 is 10.2. The molecule has 0 saturated heterocycles. The number of hydrogen-bond donors (Lipinski definition) is 1. The summed E-state index contributed by atoms with van der Waals surface area (Å²) >= 11 is 0. The fourth-order valence-corrected chi connectivity index (χ4v) is 1.36. The Balaban J connectivity index is 2.30. The Morgan fingerprint density at radius 1 is 1.32 bits per heavy atom. The molecule has 0 saturated carbocycles. The zero-order chi connectivity index (χ0) is 14.1. The molecule has 0 amide bonds. The van der Waals surface area contributed by atoms with E-state index >= 15 is 0 Å². The van der Waals surface area contributed by atoms with Crippen LogP contribution in [-0.2, 0) is 16.0 Å². The van der Waals surface area contributed by atoms with E-state index in [0.717, 1.165) is 12.0 Å². The Bertz CT molecular complexity index is 380. The van der Waals surface area contributed by atoms with E-state index in [9.17, 15) is 15.2 Å². The van der Waals surface area contributed by atoms with Gasteiger partial charge in [0.1, 0.15) is 25.1 Å². The summed E-state index contributed by atoms with van der Waals surface area (Å²) in [5.41, 5.74) is 1.12. The van der Waals surface area contributed by atoms with Gasteiger partial charge in [-0.2, -0.15) is 0 Å². The van der Waals surface area contributed by atoms with Gasteiger partial charge in [0.2, 0.25) is 0 Å². The lowest BCUT2D eigenvalue weighted by molar-refractivity contribution is -0.759. The molecule has 0 spiro atoms. The number of hydrogen-bond acceptors (Lipinski definition) is 6.